The van der Waals surface area contributed by atoms with Crippen molar-refractivity contribution in [3.05, 3.63) is 76.0 Å². The van der Waals surface area contributed by atoms with Crippen LogP contribution in [0, 0.1) is 0 Å². The number of allylic oxidation sites excluding steroid dienone is 1. The van der Waals surface area contributed by atoms with Crippen molar-refractivity contribution < 1.29 is 28.5 Å². The Labute approximate surface area is 205 Å². The number of esters is 1. The molecule has 1 aliphatic rings. The number of nitrogens with zero attached hydrogens (tertiary/aromatic N) is 1. The molecular weight excluding hydrogens is 458 g/mol. The highest BCUT2D eigenvalue weighted by Gasteiger charge is 2.36. The fraction of sp³-hybridized carbons (Fsp3) is 0.385. The lowest BCUT2D eigenvalue weighted by molar-refractivity contribution is -0.141. The summed E-state index contributed by atoms with van der Waals surface area (Å²) in [6.45, 7) is 3.59. The third kappa shape index (κ3) is 6.59. The first-order valence-corrected chi connectivity index (χ1v) is 11.5. The van der Waals surface area contributed by atoms with Crippen LogP contribution < -0.4 is 4.74 Å². The van der Waals surface area contributed by atoms with Gasteiger partial charge in [-0.05, 0) is 42.3 Å². The molecule has 0 aromatic heterocycles. The second-order valence-corrected chi connectivity index (χ2v) is 8.34. The van der Waals surface area contributed by atoms with Crippen LogP contribution in [0.25, 0.3) is 0 Å². The lowest BCUT2D eigenvalue weighted by atomic mass is 9.83. The van der Waals surface area contributed by atoms with Crippen molar-refractivity contribution in [2.75, 3.05) is 40.6 Å². The molecule has 7 nitrogen and oxygen atoms in total. The molecule has 8 heteroatoms. The van der Waals surface area contributed by atoms with Crippen molar-refractivity contribution in [1.82, 2.24) is 4.90 Å². The third-order valence-corrected chi connectivity index (χ3v) is 5.94. The minimum absolute atomic E-state index is 0.0601. The summed E-state index contributed by atoms with van der Waals surface area (Å²) in [4.78, 5) is 27.8. The van der Waals surface area contributed by atoms with Gasteiger partial charge in [-0.15, -0.1) is 0 Å². The number of rotatable bonds is 11. The van der Waals surface area contributed by atoms with Gasteiger partial charge in [0.2, 0.25) is 5.91 Å². The summed E-state index contributed by atoms with van der Waals surface area (Å²) >= 11 is 6.04. The summed E-state index contributed by atoms with van der Waals surface area (Å²) in [5.74, 6) is -0.205. The van der Waals surface area contributed by atoms with Crippen LogP contribution in [-0.4, -0.2) is 57.4 Å². The molecule has 0 saturated heterocycles. The van der Waals surface area contributed by atoms with E-state index < -0.39 is 11.9 Å². The Morgan fingerprint density at radius 3 is 2.32 bits per heavy atom. The van der Waals surface area contributed by atoms with Crippen molar-refractivity contribution in [2.24, 2.45) is 0 Å². The molecule has 1 atom stereocenters. The van der Waals surface area contributed by atoms with Crippen LogP contribution in [0.4, 0.5) is 0 Å². The third-order valence-electron chi connectivity index (χ3n) is 5.68. The van der Waals surface area contributed by atoms with Crippen LogP contribution >= 0.6 is 11.6 Å². The van der Waals surface area contributed by atoms with Crippen LogP contribution in [0.5, 0.6) is 5.75 Å². The number of amides is 1. The van der Waals surface area contributed by atoms with Crippen LogP contribution in [0.1, 0.15) is 30.4 Å². The molecular formula is C26H30ClNO6. The van der Waals surface area contributed by atoms with Gasteiger partial charge < -0.3 is 23.8 Å². The van der Waals surface area contributed by atoms with Gasteiger partial charge in [0, 0.05) is 43.8 Å². The second-order valence-electron chi connectivity index (χ2n) is 7.91. The molecule has 3 rings (SSSR count). The number of halogens is 1. The summed E-state index contributed by atoms with van der Waals surface area (Å²) in [6.07, 6.45) is 0.167. The van der Waals surface area contributed by atoms with Gasteiger partial charge >= 0.3 is 5.97 Å². The molecule has 34 heavy (non-hydrogen) atoms. The predicted octanol–water partition coefficient (Wildman–Crippen LogP) is 4.34. The Bertz CT molecular complexity index is 1000. The number of ether oxygens (including phenoxy) is 4. The Hall–Kier alpha value is -2.87. The van der Waals surface area contributed by atoms with Crippen LogP contribution in [0.3, 0.4) is 0 Å². The molecule has 0 fully saturated rings. The van der Waals surface area contributed by atoms with Crippen molar-refractivity contribution in [2.45, 2.75) is 25.9 Å². The number of methoxy groups -OCH3 is 2. The summed E-state index contributed by atoms with van der Waals surface area (Å²) in [5.41, 5.74) is 2.72. The molecule has 1 amide bonds. The van der Waals surface area contributed by atoms with Crippen LogP contribution in [0.2, 0.25) is 5.02 Å². The van der Waals surface area contributed by atoms with Gasteiger partial charge in [-0.1, -0.05) is 35.9 Å². The Kier molecular flexibility index (Phi) is 9.51. The van der Waals surface area contributed by atoms with E-state index in [9.17, 15) is 9.59 Å². The summed E-state index contributed by atoms with van der Waals surface area (Å²) in [6, 6.07) is 14.5. The fourth-order valence-corrected chi connectivity index (χ4v) is 3.99. The number of hydrogen-bond acceptors (Lipinski definition) is 6. The SMILES string of the molecule is COCCOc1ccc(COC(=O)C2=C(C)N(CCOC)C(=O)CC2c2ccc(Cl)cc2)cc1. The summed E-state index contributed by atoms with van der Waals surface area (Å²) < 4.78 is 21.4. The molecule has 182 valence electrons. The van der Waals surface area contributed by atoms with Gasteiger partial charge in [0.05, 0.1) is 18.8 Å². The highest BCUT2D eigenvalue weighted by atomic mass is 35.5. The topological polar surface area (TPSA) is 74.3 Å². The normalized spacial score (nSPS) is 16.1. The Morgan fingerprint density at radius 1 is 1.00 bits per heavy atom. The largest absolute Gasteiger partial charge is 0.491 e. The van der Waals surface area contributed by atoms with Gasteiger partial charge in [0.25, 0.3) is 0 Å². The first-order valence-electron chi connectivity index (χ1n) is 11.1. The lowest BCUT2D eigenvalue weighted by Gasteiger charge is -2.34. The average Bonchev–Trinajstić information content (AvgIpc) is 2.83. The maximum Gasteiger partial charge on any atom is 0.336 e. The van der Waals surface area contributed by atoms with Crippen LogP contribution in [0.15, 0.2) is 59.8 Å². The van der Waals surface area contributed by atoms with E-state index in [1.165, 1.54) is 0 Å². The molecule has 1 heterocycles. The molecule has 0 N–H and O–H groups in total. The summed E-state index contributed by atoms with van der Waals surface area (Å²) in [5, 5.41) is 0.590. The van der Waals surface area contributed by atoms with E-state index in [-0.39, 0.29) is 18.9 Å². The Morgan fingerprint density at radius 2 is 1.68 bits per heavy atom. The standard InChI is InChI=1S/C26H30ClNO6/c1-18-25(26(30)34-17-19-4-10-22(11-5-19)33-15-14-32-3)23(20-6-8-21(27)9-7-20)16-24(29)28(18)12-13-31-2/h4-11,23H,12-17H2,1-3H3. The van der Waals surface area contributed by atoms with E-state index in [0.29, 0.717) is 48.4 Å². The fourth-order valence-electron chi connectivity index (χ4n) is 3.87. The first kappa shape index (κ1) is 25.7. The van der Waals surface area contributed by atoms with Gasteiger partial charge in [0.15, 0.2) is 0 Å². The quantitative estimate of drug-likeness (QED) is 0.346. The molecule has 1 aliphatic heterocycles. The van der Waals surface area contributed by atoms with E-state index in [4.69, 9.17) is 30.5 Å². The first-order chi connectivity index (χ1) is 16.4. The van der Waals surface area contributed by atoms with E-state index in [1.807, 2.05) is 36.4 Å². The van der Waals surface area contributed by atoms with Gasteiger partial charge in [-0.25, -0.2) is 4.79 Å². The molecule has 2 aromatic rings. The van der Waals surface area contributed by atoms with Gasteiger partial charge in [0.1, 0.15) is 19.0 Å². The van der Waals surface area contributed by atoms with Gasteiger partial charge in [-0.2, -0.15) is 0 Å². The van der Waals surface area contributed by atoms with E-state index in [2.05, 4.69) is 0 Å². The minimum Gasteiger partial charge on any atom is -0.491 e. The van der Waals surface area contributed by atoms with E-state index >= 15 is 0 Å². The predicted molar refractivity (Wildman–Crippen MR) is 129 cm³/mol. The average molecular weight is 488 g/mol. The highest BCUT2D eigenvalue weighted by molar-refractivity contribution is 6.30. The lowest BCUT2D eigenvalue weighted by Crippen LogP contribution is -2.40. The summed E-state index contributed by atoms with van der Waals surface area (Å²) in [7, 11) is 3.20. The molecule has 1 unspecified atom stereocenters. The maximum atomic E-state index is 13.3. The molecule has 0 radical (unpaired) electrons. The van der Waals surface area contributed by atoms with Crippen molar-refractivity contribution in [3.63, 3.8) is 0 Å². The van der Waals surface area contributed by atoms with Crippen molar-refractivity contribution in [1.29, 1.82) is 0 Å². The molecule has 0 aliphatic carbocycles. The van der Waals surface area contributed by atoms with E-state index in [0.717, 1.165) is 11.1 Å². The minimum atomic E-state index is -0.451. The zero-order valence-electron chi connectivity index (χ0n) is 19.7. The molecule has 0 spiro atoms. The Balaban J connectivity index is 1.78. The second kappa shape index (κ2) is 12.6. The monoisotopic (exact) mass is 487 g/mol. The van der Waals surface area contributed by atoms with Crippen molar-refractivity contribution >= 4 is 23.5 Å². The number of carbonyl (C=O) groups excluding carboxylic acids is 2. The number of hydrogen-bond donors (Lipinski definition) is 0. The zero-order valence-corrected chi connectivity index (χ0v) is 20.5. The number of benzene rings is 2. The highest BCUT2D eigenvalue weighted by Crippen LogP contribution is 2.37. The molecule has 2 aromatic carbocycles. The van der Waals surface area contributed by atoms with Crippen LogP contribution in [-0.2, 0) is 30.4 Å². The number of carbonyl (C=O) groups is 2. The van der Waals surface area contributed by atoms with Crippen molar-refractivity contribution in [3.8, 4) is 5.75 Å². The molecule has 0 bridgehead atoms. The zero-order chi connectivity index (χ0) is 24.5. The molecule has 0 saturated carbocycles. The van der Waals surface area contributed by atoms with Gasteiger partial charge in [-0.3, -0.25) is 4.79 Å². The van der Waals surface area contributed by atoms with E-state index in [1.54, 1.807) is 38.2 Å². The maximum absolute atomic E-state index is 13.3. The smallest absolute Gasteiger partial charge is 0.336 e.